The van der Waals surface area contributed by atoms with Gasteiger partial charge in [-0.25, -0.2) is 0 Å². The predicted molar refractivity (Wildman–Crippen MR) is 211 cm³/mol. The van der Waals surface area contributed by atoms with Crippen molar-refractivity contribution in [1.29, 1.82) is 0 Å². The third-order valence-corrected chi connectivity index (χ3v) is 16.2. The van der Waals surface area contributed by atoms with Gasteiger partial charge < -0.3 is 35.2 Å². The van der Waals surface area contributed by atoms with Crippen molar-refractivity contribution in [2.75, 3.05) is 0 Å². The Balaban J connectivity index is 2.28. The molecule has 0 saturated carbocycles. The molecule has 3 aliphatic rings. The van der Waals surface area contributed by atoms with E-state index in [1.165, 1.54) is 9.80 Å². The predicted octanol–water partition coefficient (Wildman–Crippen LogP) is 3.02. The van der Waals surface area contributed by atoms with Crippen molar-refractivity contribution in [1.82, 2.24) is 31.1 Å². The van der Waals surface area contributed by atoms with Crippen molar-refractivity contribution >= 4 is 43.8 Å². The molecule has 3 aliphatic heterocycles. The molecule has 55 heavy (non-hydrogen) atoms. The Morgan fingerprint density at radius 2 is 0.891 bits per heavy atom. The average molecular weight is 795 g/mol. The molecule has 16 heteroatoms. The maximum Gasteiger partial charge on any atom is 0.248 e. The summed E-state index contributed by atoms with van der Waals surface area (Å²) in [5.74, 6) is -5.03. The lowest BCUT2D eigenvalue weighted by Crippen LogP contribution is -2.67. The van der Waals surface area contributed by atoms with Crippen LogP contribution in [0.4, 0.5) is 0 Å². The Morgan fingerprint density at radius 1 is 0.582 bits per heavy atom. The Bertz CT molecular complexity index is 1490. The normalized spacial score (nSPS) is 32.1. The minimum absolute atomic E-state index is 0.235. The number of hydrogen-bond donors (Lipinski definition) is 4. The van der Waals surface area contributed by atoms with Gasteiger partial charge in [-0.2, -0.15) is 0 Å². The van der Waals surface area contributed by atoms with Gasteiger partial charge in [0.2, 0.25) is 35.4 Å². The van der Waals surface area contributed by atoms with E-state index in [2.05, 4.69) is 42.0 Å². The number of fused-ring (bicyclic) bond motifs is 2. The first-order valence-corrected chi connectivity index (χ1v) is 22.7. The number of carbonyl (C=O) groups excluding carboxylic acids is 6. The van der Waals surface area contributed by atoms with Crippen LogP contribution in [-0.2, 0) is 42.7 Å². The lowest BCUT2D eigenvalue weighted by molar-refractivity contribution is -0.157. The molecule has 3 heterocycles. The van der Waals surface area contributed by atoms with Gasteiger partial charge in [-0.15, -0.1) is 0 Å². The summed E-state index contributed by atoms with van der Waals surface area (Å²) in [5.41, 5.74) is -2.56. The van der Waals surface area contributed by atoms with Crippen LogP contribution in [0.25, 0.3) is 0 Å². The molecule has 0 unspecified atom stereocenters. The summed E-state index contributed by atoms with van der Waals surface area (Å²) in [6.07, 6.45) is -2.43. The first-order valence-electron chi connectivity index (χ1n) is 19.8. The highest BCUT2D eigenvalue weighted by atomic mass is 28.4. The van der Waals surface area contributed by atoms with Gasteiger partial charge in [-0.1, -0.05) is 62.3 Å². The molecule has 0 radical (unpaired) electrons. The number of ether oxygens (including phenoxy) is 2. The second-order valence-electron chi connectivity index (χ2n) is 19.1. The molecule has 0 aromatic heterocycles. The van der Waals surface area contributed by atoms with Gasteiger partial charge >= 0.3 is 0 Å². The zero-order valence-corrected chi connectivity index (χ0v) is 37.5. The summed E-state index contributed by atoms with van der Waals surface area (Å²) in [6.45, 7) is 32.6. The van der Waals surface area contributed by atoms with Gasteiger partial charge in [-0.3, -0.25) is 38.6 Å². The van der Waals surface area contributed by atoms with Crippen molar-refractivity contribution in [2.24, 2.45) is 17.8 Å². The van der Waals surface area contributed by atoms with Gasteiger partial charge in [-0.05, 0) is 84.4 Å². The molecule has 3 fully saturated rings. The van der Waals surface area contributed by atoms with Crippen LogP contribution >= 0.6 is 0 Å². The summed E-state index contributed by atoms with van der Waals surface area (Å²) in [4.78, 5) is 89.6. The summed E-state index contributed by atoms with van der Waals surface area (Å²) < 4.78 is 19.0. The van der Waals surface area contributed by atoms with Crippen molar-refractivity contribution in [3.63, 3.8) is 0 Å². The molecule has 3 saturated heterocycles. The van der Waals surface area contributed by atoms with Gasteiger partial charge in [0.25, 0.3) is 0 Å². The second kappa shape index (κ2) is 16.4. The molecule has 314 valence electrons. The van der Waals surface area contributed by atoms with E-state index in [1.807, 2.05) is 13.1 Å². The van der Waals surface area contributed by atoms with Crippen molar-refractivity contribution in [3.05, 3.63) is 0 Å². The number of amides is 6. The lowest BCUT2D eigenvalue weighted by Gasteiger charge is -2.41. The highest BCUT2D eigenvalue weighted by Gasteiger charge is 2.56. The molecule has 15 nitrogen and oxygen atoms in total. The highest BCUT2D eigenvalue weighted by Crippen LogP contribution is 2.38. The largest absolute Gasteiger partial charge is 0.412 e. The average Bonchev–Trinajstić information content (AvgIpc) is 3.41. The van der Waals surface area contributed by atoms with Crippen LogP contribution in [0.1, 0.15) is 111 Å². The molecule has 0 spiro atoms. The monoisotopic (exact) mass is 794 g/mol. The van der Waals surface area contributed by atoms with E-state index in [9.17, 15) is 28.8 Å². The van der Waals surface area contributed by atoms with Gasteiger partial charge in [0.1, 0.15) is 47.7 Å². The van der Waals surface area contributed by atoms with Gasteiger partial charge in [0, 0.05) is 0 Å². The fraction of sp³-hybridized carbons (Fsp3) is 0.846. The standard InChI is InChI=1S/C39H70N6O9Si/c1-19(2)25-31(46)43-28(22(7)54-55(17,18)37(10,11)12)32(47)41-26(20(3)4)35(50)45-30(24(9)53-39(45,15)16)34(49)42-27(21(5)6)36(51)44-29(33(48)40-25)23(8)52-38(44,13)14/h19-30H,1-18H3,(H,40,48)(H,41,47)(H,42,49)(H,43,46)/t22-,23-,24-,25+,26+,27-,28-,29+,30+/m1/s1. The van der Waals surface area contributed by atoms with Crippen LogP contribution in [-0.4, -0.2) is 120 Å². The van der Waals surface area contributed by atoms with Crippen LogP contribution in [0, 0.1) is 17.8 Å². The maximum absolute atomic E-state index is 14.7. The van der Waals surface area contributed by atoms with Gasteiger partial charge in [0.15, 0.2) is 8.32 Å². The molecule has 6 amide bonds. The first-order chi connectivity index (χ1) is 24.9. The van der Waals surface area contributed by atoms with E-state index < -0.39 is 128 Å². The summed E-state index contributed by atoms with van der Waals surface area (Å²) in [5, 5.41) is 11.3. The van der Waals surface area contributed by atoms with Crippen LogP contribution in [0.3, 0.4) is 0 Å². The molecule has 9 atom stereocenters. The van der Waals surface area contributed by atoms with Gasteiger partial charge in [0.05, 0.1) is 18.3 Å². The van der Waals surface area contributed by atoms with E-state index in [0.29, 0.717) is 0 Å². The topological polar surface area (TPSA) is 185 Å². The minimum Gasteiger partial charge on any atom is -0.412 e. The Morgan fingerprint density at radius 3 is 1.24 bits per heavy atom. The molecule has 0 aromatic carbocycles. The Labute approximate surface area is 329 Å². The number of nitrogens with zero attached hydrogens (tertiary/aromatic N) is 2. The third-order valence-electron chi connectivity index (χ3n) is 11.6. The summed E-state index contributed by atoms with van der Waals surface area (Å²) in [7, 11) is -2.51. The fourth-order valence-corrected chi connectivity index (χ4v) is 9.06. The van der Waals surface area contributed by atoms with E-state index in [0.717, 1.165) is 0 Å². The van der Waals surface area contributed by atoms with Crippen molar-refractivity contribution < 1.29 is 42.7 Å². The molecule has 0 aromatic rings. The van der Waals surface area contributed by atoms with Crippen LogP contribution in [0.2, 0.25) is 18.1 Å². The van der Waals surface area contributed by atoms with E-state index in [1.54, 1.807) is 90.0 Å². The smallest absolute Gasteiger partial charge is 0.248 e. The molecule has 4 N–H and O–H groups in total. The Kier molecular flexibility index (Phi) is 13.8. The second-order valence-corrected chi connectivity index (χ2v) is 23.9. The molecular weight excluding hydrogens is 725 g/mol. The fourth-order valence-electron chi connectivity index (χ4n) is 7.64. The minimum atomic E-state index is -2.51. The van der Waals surface area contributed by atoms with Crippen LogP contribution in [0.5, 0.6) is 0 Å². The maximum atomic E-state index is 14.7. The summed E-state index contributed by atoms with van der Waals surface area (Å²) in [6, 6.07) is -7.06. The van der Waals surface area contributed by atoms with Crippen LogP contribution < -0.4 is 21.3 Å². The van der Waals surface area contributed by atoms with E-state index >= 15 is 0 Å². The number of rotatable bonds is 6. The number of nitrogens with one attached hydrogen (secondary N) is 4. The quantitative estimate of drug-likeness (QED) is 0.294. The third kappa shape index (κ3) is 9.56. The Hall–Kier alpha value is -3.08. The zero-order valence-electron chi connectivity index (χ0n) is 36.5. The van der Waals surface area contributed by atoms with Crippen molar-refractivity contribution in [2.45, 2.75) is 195 Å². The molecule has 0 aliphatic carbocycles. The molecular formula is C39H70N6O9Si. The van der Waals surface area contributed by atoms with E-state index in [4.69, 9.17) is 13.9 Å². The van der Waals surface area contributed by atoms with Crippen LogP contribution in [0.15, 0.2) is 0 Å². The summed E-state index contributed by atoms with van der Waals surface area (Å²) >= 11 is 0. The molecule has 0 bridgehead atoms. The zero-order chi connectivity index (χ0) is 42.5. The SMILES string of the molecule is CC(C)[C@@H]1NC(=O)[C@@H]2[C@@H](C)OC(C)(C)N2C(=O)[C@@H](C(C)C)NC(=O)[C@@H]2[C@@H](C)OC(C)(C)N2C(=O)[C@H](C(C)C)NC(=O)[C@@H]([C@@H](C)O[Si](C)(C)C(C)(C)C)NC1=O. The lowest BCUT2D eigenvalue weighted by atomic mass is 9.96. The first kappa shape index (κ1) is 46.3. The number of carbonyl (C=O) groups is 6. The van der Waals surface area contributed by atoms with Crippen molar-refractivity contribution in [3.8, 4) is 0 Å². The number of hydrogen-bond acceptors (Lipinski definition) is 9. The van der Waals surface area contributed by atoms with E-state index in [-0.39, 0.29) is 5.04 Å². The molecule has 3 rings (SSSR count). The highest BCUT2D eigenvalue weighted by molar-refractivity contribution is 6.74.